The first-order chi connectivity index (χ1) is 24.0. The van der Waals surface area contributed by atoms with Crippen molar-refractivity contribution in [1.82, 2.24) is 4.57 Å². The van der Waals surface area contributed by atoms with Crippen LogP contribution in [0.25, 0.3) is 22.3 Å². The van der Waals surface area contributed by atoms with E-state index in [0.29, 0.717) is 33.6 Å². The van der Waals surface area contributed by atoms with E-state index >= 15 is 4.79 Å². The summed E-state index contributed by atoms with van der Waals surface area (Å²) in [4.78, 5) is 32.5. The van der Waals surface area contributed by atoms with Gasteiger partial charge in [0.25, 0.3) is 5.91 Å². The third kappa shape index (κ3) is 8.70. The van der Waals surface area contributed by atoms with E-state index in [0.717, 1.165) is 5.56 Å². The Bertz CT molecular complexity index is 1880. The number of hydrogen-bond acceptors (Lipinski definition) is 5. The van der Waals surface area contributed by atoms with E-state index in [4.69, 9.17) is 9.94 Å². The number of rotatable bonds is 15. The van der Waals surface area contributed by atoms with Crippen LogP contribution in [0.4, 0.5) is 14.5 Å². The molecule has 8 nitrogen and oxygen atoms in total. The number of hydroxylamine groups is 1. The Morgan fingerprint density at radius 1 is 0.760 bits per heavy atom. The third-order valence-corrected chi connectivity index (χ3v) is 8.34. The summed E-state index contributed by atoms with van der Waals surface area (Å²) in [5.74, 6) is -2.60. The van der Waals surface area contributed by atoms with E-state index in [2.05, 4.69) is 0 Å². The van der Waals surface area contributed by atoms with Gasteiger partial charge in [-0.2, -0.15) is 5.06 Å². The lowest BCUT2D eigenvalue weighted by Crippen LogP contribution is -2.33. The average Bonchev–Trinajstić information content (AvgIpc) is 3.44. The van der Waals surface area contributed by atoms with Crippen molar-refractivity contribution in [1.29, 1.82) is 0 Å². The van der Waals surface area contributed by atoms with Gasteiger partial charge in [0.15, 0.2) is 0 Å². The maximum atomic E-state index is 15.1. The van der Waals surface area contributed by atoms with Gasteiger partial charge in [0.1, 0.15) is 23.9 Å². The molecule has 0 saturated carbocycles. The largest absolute Gasteiger partial charge is 0.481 e. The van der Waals surface area contributed by atoms with Gasteiger partial charge < -0.3 is 19.9 Å². The molecule has 0 aliphatic carbocycles. The van der Waals surface area contributed by atoms with Gasteiger partial charge in [-0.15, -0.1) is 0 Å². The molecule has 50 heavy (non-hydrogen) atoms. The Hall–Kier alpha value is -5.16. The zero-order valence-corrected chi connectivity index (χ0v) is 27.9. The van der Waals surface area contributed by atoms with Gasteiger partial charge >= 0.3 is 5.97 Å². The monoisotopic (exact) mass is 682 g/mol. The van der Waals surface area contributed by atoms with Gasteiger partial charge in [-0.1, -0.05) is 72.8 Å². The topological polar surface area (TPSA) is 112 Å². The fourth-order valence-electron chi connectivity index (χ4n) is 6.13. The molecule has 2 unspecified atom stereocenters. The lowest BCUT2D eigenvalue weighted by atomic mass is 9.92. The van der Waals surface area contributed by atoms with Gasteiger partial charge in [0.05, 0.1) is 24.3 Å². The molecule has 4 aromatic carbocycles. The van der Waals surface area contributed by atoms with Crippen molar-refractivity contribution < 1.29 is 38.5 Å². The van der Waals surface area contributed by atoms with E-state index in [1.54, 1.807) is 48.5 Å². The second kappa shape index (κ2) is 16.5. The minimum absolute atomic E-state index is 0.0816. The van der Waals surface area contributed by atoms with Crippen molar-refractivity contribution in [3.8, 4) is 22.3 Å². The first kappa shape index (κ1) is 36.1. The quantitative estimate of drug-likeness (QED) is 0.0966. The molecule has 1 aromatic heterocycles. The van der Waals surface area contributed by atoms with Crippen molar-refractivity contribution in [2.45, 2.75) is 64.4 Å². The zero-order chi connectivity index (χ0) is 35.8. The minimum atomic E-state index is -1.25. The highest BCUT2D eigenvalue weighted by molar-refractivity contribution is 6.11. The molecule has 0 radical (unpaired) electrons. The fraction of sp³-hybridized carbons (Fsp3) is 0.250. The predicted molar refractivity (Wildman–Crippen MR) is 187 cm³/mol. The van der Waals surface area contributed by atoms with Crippen LogP contribution in [0.1, 0.15) is 60.9 Å². The molecule has 10 heteroatoms. The number of carboxylic acid groups (broad SMARTS) is 1. The molecule has 0 aliphatic rings. The van der Waals surface area contributed by atoms with Crippen LogP contribution in [0.15, 0.2) is 109 Å². The van der Waals surface area contributed by atoms with Crippen LogP contribution in [0, 0.1) is 11.6 Å². The number of aromatic nitrogens is 1. The van der Waals surface area contributed by atoms with Crippen LogP contribution >= 0.6 is 0 Å². The molecule has 3 N–H and O–H groups in total. The second-order valence-corrected chi connectivity index (χ2v) is 12.4. The van der Waals surface area contributed by atoms with Gasteiger partial charge in [-0.25, -0.2) is 8.78 Å². The molecule has 0 aliphatic heterocycles. The molecule has 0 bridgehead atoms. The molecule has 2 atom stereocenters. The Morgan fingerprint density at radius 3 is 1.84 bits per heavy atom. The van der Waals surface area contributed by atoms with Gasteiger partial charge in [-0.05, 0) is 86.2 Å². The molecular formula is C40H40F2N2O6. The van der Waals surface area contributed by atoms with Crippen LogP contribution in [-0.2, 0) is 22.7 Å². The Morgan fingerprint density at radius 2 is 1.30 bits per heavy atom. The number of carbonyl (C=O) groups excluding carboxylic acids is 1. The Kier molecular flexibility index (Phi) is 11.9. The van der Waals surface area contributed by atoms with Crippen molar-refractivity contribution >= 4 is 17.6 Å². The molecule has 5 rings (SSSR count). The third-order valence-electron chi connectivity index (χ3n) is 8.34. The van der Waals surface area contributed by atoms with Crippen molar-refractivity contribution in [2.75, 3.05) is 5.06 Å². The molecular weight excluding hydrogens is 642 g/mol. The molecule has 1 heterocycles. The first-order valence-corrected chi connectivity index (χ1v) is 16.5. The SMILES string of the molecule is CC(C)n1c(CCC(O)CC(O)CC(=O)O)c(-c2ccc(F)cc2)c(-c2ccc(F)cc2)c1C(=O)N(OCc1ccccc1)c1ccccc1. The average molecular weight is 683 g/mol. The number of amides is 1. The number of aliphatic carboxylic acids is 1. The number of carbonyl (C=O) groups is 2. The molecule has 260 valence electrons. The lowest BCUT2D eigenvalue weighted by Gasteiger charge is -2.25. The summed E-state index contributed by atoms with van der Waals surface area (Å²) >= 11 is 0. The van der Waals surface area contributed by atoms with Crippen LogP contribution < -0.4 is 5.06 Å². The number of hydrogen-bond donors (Lipinski definition) is 3. The smallest absolute Gasteiger partial charge is 0.305 e. The standard InChI is InChI=1S/C40H40F2N2O6/c1-26(2)43-35(22-21-33(45)23-34(46)24-36(47)48)37(28-13-17-30(41)18-14-28)38(29-15-19-31(42)20-16-29)39(43)40(49)44(32-11-7-4-8-12-32)50-25-27-9-5-3-6-10-27/h3-20,26,33-34,45-46H,21-25H2,1-2H3,(H,47,48). The summed E-state index contributed by atoms with van der Waals surface area (Å²) < 4.78 is 30.5. The number of benzene rings is 4. The van der Waals surface area contributed by atoms with E-state index in [-0.39, 0.29) is 37.6 Å². The van der Waals surface area contributed by atoms with Gasteiger partial charge in [0, 0.05) is 22.9 Å². The number of aliphatic hydroxyl groups excluding tert-OH is 2. The van der Waals surface area contributed by atoms with Gasteiger partial charge in [0.2, 0.25) is 0 Å². The number of aliphatic hydroxyl groups is 2. The number of anilines is 1. The van der Waals surface area contributed by atoms with Crippen LogP contribution in [0.5, 0.6) is 0 Å². The molecule has 5 aromatic rings. The highest BCUT2D eigenvalue weighted by Crippen LogP contribution is 2.43. The fourth-order valence-corrected chi connectivity index (χ4v) is 6.13. The number of nitrogens with zero attached hydrogens (tertiary/aromatic N) is 2. The van der Waals surface area contributed by atoms with Crippen molar-refractivity contribution in [2.24, 2.45) is 0 Å². The van der Waals surface area contributed by atoms with E-state index in [9.17, 15) is 23.8 Å². The first-order valence-electron chi connectivity index (χ1n) is 16.5. The Labute approximate surface area is 289 Å². The normalized spacial score (nSPS) is 12.5. The Balaban J connectivity index is 1.72. The number of halogens is 2. The summed E-state index contributed by atoms with van der Waals surface area (Å²) in [7, 11) is 0. The lowest BCUT2D eigenvalue weighted by molar-refractivity contribution is -0.139. The summed E-state index contributed by atoms with van der Waals surface area (Å²) in [6, 6.07) is 29.6. The predicted octanol–water partition coefficient (Wildman–Crippen LogP) is 7.98. The van der Waals surface area contributed by atoms with E-state index in [1.807, 2.05) is 54.8 Å². The molecule has 0 spiro atoms. The van der Waals surface area contributed by atoms with Crippen LogP contribution in [-0.4, -0.2) is 44.0 Å². The van der Waals surface area contributed by atoms with Crippen molar-refractivity contribution in [3.05, 3.63) is 138 Å². The van der Waals surface area contributed by atoms with Crippen LogP contribution in [0.2, 0.25) is 0 Å². The maximum absolute atomic E-state index is 15.1. The summed E-state index contributed by atoms with van der Waals surface area (Å²) in [5.41, 5.74) is 4.36. The zero-order valence-electron chi connectivity index (χ0n) is 27.9. The van der Waals surface area contributed by atoms with Gasteiger partial charge in [-0.3, -0.25) is 14.4 Å². The van der Waals surface area contributed by atoms with Crippen molar-refractivity contribution in [3.63, 3.8) is 0 Å². The summed E-state index contributed by atoms with van der Waals surface area (Å²) in [5, 5.41) is 31.5. The molecule has 1 amide bonds. The summed E-state index contributed by atoms with van der Waals surface area (Å²) in [6.07, 6.45) is -2.67. The molecule has 0 saturated heterocycles. The second-order valence-electron chi connectivity index (χ2n) is 12.4. The van der Waals surface area contributed by atoms with Crippen LogP contribution in [0.3, 0.4) is 0 Å². The van der Waals surface area contributed by atoms with E-state index in [1.165, 1.54) is 29.3 Å². The minimum Gasteiger partial charge on any atom is -0.481 e. The highest BCUT2D eigenvalue weighted by atomic mass is 19.1. The molecule has 0 fully saturated rings. The van der Waals surface area contributed by atoms with E-state index < -0.39 is 42.1 Å². The highest BCUT2D eigenvalue weighted by Gasteiger charge is 2.34. The number of carboxylic acids is 1. The maximum Gasteiger partial charge on any atom is 0.305 e. The number of para-hydroxylation sites is 1. The summed E-state index contributed by atoms with van der Waals surface area (Å²) in [6.45, 7) is 3.90.